The maximum absolute atomic E-state index is 8.98. The van der Waals surface area contributed by atoms with Gasteiger partial charge in [-0.2, -0.15) is 5.26 Å². The highest BCUT2D eigenvalue weighted by atomic mass is 15.2. The fraction of sp³-hybridized carbons (Fsp3) is 0.500. The van der Waals surface area contributed by atoms with Gasteiger partial charge in [0, 0.05) is 13.1 Å². The molecular weight excluding hydrogens is 210 g/mol. The summed E-state index contributed by atoms with van der Waals surface area (Å²) in [6, 6.07) is 7.84. The largest absolute Gasteiger partial charge is 0.396 e. The summed E-state index contributed by atoms with van der Waals surface area (Å²) >= 11 is 0. The number of benzene rings is 1. The molecule has 1 heterocycles. The van der Waals surface area contributed by atoms with E-state index in [1.54, 1.807) is 6.07 Å². The average Bonchev–Trinajstić information content (AvgIpc) is 2.78. The molecule has 90 valence electrons. The first kappa shape index (κ1) is 11.8. The maximum atomic E-state index is 8.98. The van der Waals surface area contributed by atoms with Crippen molar-refractivity contribution in [1.29, 1.82) is 5.26 Å². The fourth-order valence-electron chi connectivity index (χ4n) is 2.48. The quantitative estimate of drug-likeness (QED) is 0.793. The number of nitrogens with zero attached hydrogens (tertiary/aromatic N) is 2. The van der Waals surface area contributed by atoms with Crippen molar-refractivity contribution in [3.05, 3.63) is 23.8 Å². The van der Waals surface area contributed by atoms with Crippen LogP contribution in [0.15, 0.2) is 18.2 Å². The van der Waals surface area contributed by atoms with Crippen LogP contribution in [0.4, 0.5) is 11.4 Å². The summed E-state index contributed by atoms with van der Waals surface area (Å²) in [5.74, 6) is 1.44. The summed E-state index contributed by atoms with van der Waals surface area (Å²) < 4.78 is 0. The van der Waals surface area contributed by atoms with E-state index in [4.69, 9.17) is 11.0 Å². The van der Waals surface area contributed by atoms with Crippen molar-refractivity contribution in [2.24, 2.45) is 11.8 Å². The molecule has 1 aliphatic rings. The second-order valence-corrected chi connectivity index (χ2v) is 5.09. The molecule has 0 amide bonds. The summed E-state index contributed by atoms with van der Waals surface area (Å²) in [5.41, 5.74) is 8.26. The Morgan fingerprint density at radius 1 is 1.47 bits per heavy atom. The number of nitriles is 1. The fourth-order valence-corrected chi connectivity index (χ4v) is 2.48. The van der Waals surface area contributed by atoms with Gasteiger partial charge in [0.25, 0.3) is 0 Å². The minimum atomic E-state index is 0.579. The highest BCUT2D eigenvalue weighted by Gasteiger charge is 2.26. The third-order valence-corrected chi connectivity index (χ3v) is 3.71. The van der Waals surface area contributed by atoms with Crippen molar-refractivity contribution in [3.8, 4) is 6.07 Å². The summed E-state index contributed by atoms with van der Waals surface area (Å²) in [5, 5.41) is 8.98. The van der Waals surface area contributed by atoms with Gasteiger partial charge in [0.2, 0.25) is 0 Å². The van der Waals surface area contributed by atoms with Crippen LogP contribution in [0.2, 0.25) is 0 Å². The Balaban J connectivity index is 2.23. The van der Waals surface area contributed by atoms with Crippen LogP contribution in [0, 0.1) is 23.2 Å². The number of anilines is 2. The molecule has 1 atom stereocenters. The van der Waals surface area contributed by atoms with Crippen molar-refractivity contribution in [3.63, 3.8) is 0 Å². The minimum Gasteiger partial charge on any atom is -0.396 e. The predicted octanol–water partition coefficient (Wildman–Crippen LogP) is 2.62. The maximum Gasteiger partial charge on any atom is 0.101 e. The zero-order chi connectivity index (χ0) is 12.4. The lowest BCUT2D eigenvalue weighted by Crippen LogP contribution is -2.22. The molecule has 0 saturated carbocycles. The molecule has 1 aliphatic heterocycles. The molecule has 1 aromatic carbocycles. The second-order valence-electron chi connectivity index (χ2n) is 5.09. The molecule has 3 heteroatoms. The Kier molecular flexibility index (Phi) is 3.23. The molecule has 1 unspecified atom stereocenters. The van der Waals surface area contributed by atoms with Gasteiger partial charge in [-0.1, -0.05) is 19.9 Å². The van der Waals surface area contributed by atoms with E-state index in [2.05, 4.69) is 24.8 Å². The SMILES string of the molecule is CC(C)C1CCN(c2cccc(C#N)c2N)C1. The van der Waals surface area contributed by atoms with E-state index in [1.165, 1.54) is 6.42 Å². The zero-order valence-corrected chi connectivity index (χ0v) is 10.5. The molecular formula is C14H19N3. The topological polar surface area (TPSA) is 53.0 Å². The van der Waals surface area contributed by atoms with E-state index in [0.717, 1.165) is 24.7 Å². The van der Waals surface area contributed by atoms with E-state index in [0.29, 0.717) is 17.2 Å². The predicted molar refractivity (Wildman–Crippen MR) is 70.7 cm³/mol. The standard InChI is InChI=1S/C14H19N3/c1-10(2)12-6-7-17(9-12)13-5-3-4-11(8-15)14(13)16/h3-5,10,12H,6-7,9,16H2,1-2H3. The molecule has 0 spiro atoms. The third-order valence-electron chi connectivity index (χ3n) is 3.71. The highest BCUT2D eigenvalue weighted by molar-refractivity contribution is 5.74. The molecule has 0 aromatic heterocycles. The van der Waals surface area contributed by atoms with Gasteiger partial charge in [0.1, 0.15) is 6.07 Å². The lowest BCUT2D eigenvalue weighted by Gasteiger charge is -2.22. The van der Waals surface area contributed by atoms with Crippen LogP contribution in [-0.4, -0.2) is 13.1 Å². The molecule has 1 saturated heterocycles. The van der Waals surface area contributed by atoms with Gasteiger partial charge in [-0.25, -0.2) is 0 Å². The Morgan fingerprint density at radius 2 is 2.24 bits per heavy atom. The van der Waals surface area contributed by atoms with Gasteiger partial charge < -0.3 is 10.6 Å². The molecule has 0 radical (unpaired) electrons. The van der Waals surface area contributed by atoms with Crippen molar-refractivity contribution in [2.45, 2.75) is 20.3 Å². The van der Waals surface area contributed by atoms with Crippen LogP contribution < -0.4 is 10.6 Å². The van der Waals surface area contributed by atoms with Crippen LogP contribution in [0.3, 0.4) is 0 Å². The van der Waals surface area contributed by atoms with Gasteiger partial charge >= 0.3 is 0 Å². The number of nitrogens with two attached hydrogens (primary N) is 1. The van der Waals surface area contributed by atoms with E-state index in [9.17, 15) is 0 Å². The van der Waals surface area contributed by atoms with Gasteiger partial charge in [0.15, 0.2) is 0 Å². The number of hydrogen-bond donors (Lipinski definition) is 1. The van der Waals surface area contributed by atoms with Crippen molar-refractivity contribution in [2.75, 3.05) is 23.7 Å². The van der Waals surface area contributed by atoms with Crippen molar-refractivity contribution >= 4 is 11.4 Å². The smallest absolute Gasteiger partial charge is 0.101 e. The van der Waals surface area contributed by atoms with Crippen molar-refractivity contribution in [1.82, 2.24) is 0 Å². The average molecular weight is 229 g/mol. The second kappa shape index (κ2) is 4.67. The van der Waals surface area contributed by atoms with E-state index in [-0.39, 0.29) is 0 Å². The molecule has 2 N–H and O–H groups in total. The molecule has 0 bridgehead atoms. The van der Waals surface area contributed by atoms with Crippen LogP contribution in [0.1, 0.15) is 25.8 Å². The molecule has 1 fully saturated rings. The highest BCUT2D eigenvalue weighted by Crippen LogP contribution is 2.32. The molecule has 3 nitrogen and oxygen atoms in total. The third kappa shape index (κ3) is 2.21. The van der Waals surface area contributed by atoms with E-state index in [1.807, 2.05) is 12.1 Å². The van der Waals surface area contributed by atoms with Crippen molar-refractivity contribution < 1.29 is 0 Å². The monoisotopic (exact) mass is 229 g/mol. The summed E-state index contributed by atoms with van der Waals surface area (Å²) in [6.45, 7) is 6.63. The first-order valence-electron chi connectivity index (χ1n) is 6.17. The van der Waals surface area contributed by atoms with Gasteiger partial charge in [-0.15, -0.1) is 0 Å². The van der Waals surface area contributed by atoms with Crippen LogP contribution in [0.5, 0.6) is 0 Å². The lowest BCUT2D eigenvalue weighted by molar-refractivity contribution is 0.423. The van der Waals surface area contributed by atoms with Crippen LogP contribution in [-0.2, 0) is 0 Å². The van der Waals surface area contributed by atoms with E-state index < -0.39 is 0 Å². The van der Waals surface area contributed by atoms with Crippen LogP contribution >= 0.6 is 0 Å². The van der Waals surface area contributed by atoms with Crippen LogP contribution in [0.25, 0.3) is 0 Å². The zero-order valence-electron chi connectivity index (χ0n) is 10.5. The van der Waals surface area contributed by atoms with Gasteiger partial charge in [0.05, 0.1) is 16.9 Å². The first-order chi connectivity index (χ1) is 8.13. The Hall–Kier alpha value is -1.69. The van der Waals surface area contributed by atoms with Gasteiger partial charge in [-0.3, -0.25) is 0 Å². The number of rotatable bonds is 2. The summed E-state index contributed by atoms with van der Waals surface area (Å²) in [7, 11) is 0. The summed E-state index contributed by atoms with van der Waals surface area (Å²) in [4.78, 5) is 2.31. The number of para-hydroxylation sites is 1. The molecule has 1 aromatic rings. The molecule has 2 rings (SSSR count). The Labute approximate surface area is 103 Å². The molecule has 17 heavy (non-hydrogen) atoms. The Morgan fingerprint density at radius 3 is 2.82 bits per heavy atom. The number of hydrogen-bond acceptors (Lipinski definition) is 3. The summed E-state index contributed by atoms with van der Waals surface area (Å²) in [6.07, 6.45) is 1.22. The normalized spacial score (nSPS) is 19.6. The van der Waals surface area contributed by atoms with E-state index >= 15 is 0 Å². The molecule has 0 aliphatic carbocycles. The number of nitrogen functional groups attached to an aromatic ring is 1. The minimum absolute atomic E-state index is 0.579. The Bertz CT molecular complexity index is 445. The van der Waals surface area contributed by atoms with Gasteiger partial charge in [-0.05, 0) is 30.4 Å². The lowest BCUT2D eigenvalue weighted by atomic mass is 9.95. The first-order valence-corrected chi connectivity index (χ1v) is 6.17.